The average molecular weight is 259 g/mol. The molecule has 19 heavy (non-hydrogen) atoms. The summed E-state index contributed by atoms with van der Waals surface area (Å²) in [5.74, 6) is -0.567. The number of carbonyl (C=O) groups excluding carboxylic acids is 2. The van der Waals surface area contributed by atoms with Crippen molar-refractivity contribution in [1.82, 2.24) is 10.3 Å². The van der Waals surface area contributed by atoms with E-state index >= 15 is 0 Å². The van der Waals surface area contributed by atoms with Crippen LogP contribution in [0.5, 0.6) is 0 Å². The Balaban J connectivity index is 2.53. The summed E-state index contributed by atoms with van der Waals surface area (Å²) < 4.78 is 0. The van der Waals surface area contributed by atoms with Crippen LogP contribution in [0.25, 0.3) is 0 Å². The number of amides is 2. The van der Waals surface area contributed by atoms with Crippen molar-refractivity contribution in [2.24, 2.45) is 0 Å². The first-order valence-corrected chi connectivity index (χ1v) is 5.64. The van der Waals surface area contributed by atoms with E-state index in [0.29, 0.717) is 5.69 Å². The lowest BCUT2D eigenvalue weighted by molar-refractivity contribution is -0.135. The summed E-state index contributed by atoms with van der Waals surface area (Å²) in [5, 5.41) is 11.4. The molecule has 0 aromatic carbocycles. The monoisotopic (exact) mass is 259 g/mol. The second-order valence-corrected chi connectivity index (χ2v) is 4.77. The van der Waals surface area contributed by atoms with Crippen molar-refractivity contribution in [2.45, 2.75) is 19.4 Å². The minimum absolute atomic E-state index is 0.0374. The van der Waals surface area contributed by atoms with E-state index < -0.39 is 17.4 Å². The minimum atomic E-state index is -0.970. The van der Waals surface area contributed by atoms with Crippen LogP contribution >= 0.6 is 0 Å². The number of nitrogens with one attached hydrogen (secondary N) is 1. The molecule has 0 unspecified atom stereocenters. The van der Waals surface area contributed by atoms with E-state index in [1.54, 1.807) is 13.8 Å². The number of aromatic nitrogens is 1. The number of hydrogen-bond acceptors (Lipinski definition) is 6. The number of rotatable bonds is 1. The topological polar surface area (TPSA) is 112 Å². The van der Waals surface area contributed by atoms with Crippen LogP contribution in [0.3, 0.4) is 0 Å². The van der Waals surface area contributed by atoms with Crippen molar-refractivity contribution < 1.29 is 9.59 Å². The predicted octanol–water partition coefficient (Wildman–Crippen LogP) is -0.223. The van der Waals surface area contributed by atoms with Gasteiger partial charge in [-0.25, -0.2) is 4.98 Å². The maximum atomic E-state index is 11.9. The fourth-order valence-electron chi connectivity index (χ4n) is 1.89. The van der Waals surface area contributed by atoms with E-state index in [9.17, 15) is 9.59 Å². The molecular weight excluding hydrogens is 246 g/mol. The van der Waals surface area contributed by atoms with E-state index in [4.69, 9.17) is 11.0 Å². The van der Waals surface area contributed by atoms with Gasteiger partial charge in [0.15, 0.2) is 0 Å². The van der Waals surface area contributed by atoms with Gasteiger partial charge in [0, 0.05) is 0 Å². The molecule has 1 fully saturated rings. The minimum Gasteiger partial charge on any atom is -0.397 e. The molecule has 2 amide bonds. The molecule has 98 valence electrons. The van der Waals surface area contributed by atoms with Crippen molar-refractivity contribution in [3.05, 3.63) is 17.8 Å². The summed E-state index contributed by atoms with van der Waals surface area (Å²) in [5.41, 5.74) is 5.19. The third-order valence-electron chi connectivity index (χ3n) is 3.05. The zero-order valence-corrected chi connectivity index (χ0v) is 10.6. The Morgan fingerprint density at radius 2 is 2.21 bits per heavy atom. The lowest BCUT2D eigenvalue weighted by Gasteiger charge is -2.41. The Morgan fingerprint density at radius 1 is 1.53 bits per heavy atom. The molecule has 2 rings (SSSR count). The van der Waals surface area contributed by atoms with E-state index in [0.717, 1.165) is 0 Å². The van der Waals surface area contributed by atoms with Crippen molar-refractivity contribution in [3.63, 3.8) is 0 Å². The number of pyridine rings is 1. The average Bonchev–Trinajstić information content (AvgIpc) is 2.34. The fourth-order valence-corrected chi connectivity index (χ4v) is 1.89. The van der Waals surface area contributed by atoms with Crippen LogP contribution < -0.4 is 16.0 Å². The van der Waals surface area contributed by atoms with E-state index in [1.165, 1.54) is 17.2 Å². The number of hydrogen-bond donors (Lipinski definition) is 2. The number of imide groups is 1. The number of carbonyl (C=O) groups is 2. The Bertz CT molecular complexity index is 603. The number of piperazine rings is 1. The molecule has 7 nitrogen and oxygen atoms in total. The molecule has 1 aliphatic rings. The van der Waals surface area contributed by atoms with Gasteiger partial charge in [-0.3, -0.25) is 14.9 Å². The molecule has 7 heteroatoms. The van der Waals surface area contributed by atoms with Gasteiger partial charge in [0.25, 0.3) is 5.91 Å². The molecule has 1 aromatic heterocycles. The quantitative estimate of drug-likeness (QED) is 0.674. The van der Waals surface area contributed by atoms with Gasteiger partial charge in [-0.05, 0) is 19.9 Å². The first kappa shape index (κ1) is 12.8. The van der Waals surface area contributed by atoms with Gasteiger partial charge in [-0.2, -0.15) is 5.26 Å². The van der Waals surface area contributed by atoms with Gasteiger partial charge < -0.3 is 10.6 Å². The highest BCUT2D eigenvalue weighted by atomic mass is 16.2. The normalized spacial score (nSPS) is 17.8. The first-order chi connectivity index (χ1) is 8.86. The highest BCUT2D eigenvalue weighted by molar-refractivity contribution is 6.06. The van der Waals surface area contributed by atoms with Crippen LogP contribution in [-0.4, -0.2) is 28.9 Å². The van der Waals surface area contributed by atoms with Gasteiger partial charge in [0.1, 0.15) is 17.4 Å². The molecule has 1 saturated heterocycles. The Morgan fingerprint density at radius 3 is 2.84 bits per heavy atom. The third kappa shape index (κ3) is 2.08. The largest absolute Gasteiger partial charge is 0.397 e. The second-order valence-electron chi connectivity index (χ2n) is 4.77. The van der Waals surface area contributed by atoms with Crippen molar-refractivity contribution in [1.29, 1.82) is 5.26 Å². The van der Waals surface area contributed by atoms with Gasteiger partial charge in [0.2, 0.25) is 5.91 Å². The SMILES string of the molecule is CC1(C)C(=O)NC(=O)CN1c1ncc(N)cc1C#N. The summed E-state index contributed by atoms with van der Waals surface area (Å²) >= 11 is 0. The lowest BCUT2D eigenvalue weighted by Crippen LogP contribution is -2.64. The molecule has 3 N–H and O–H groups in total. The lowest BCUT2D eigenvalue weighted by atomic mass is 9.98. The van der Waals surface area contributed by atoms with Gasteiger partial charge >= 0.3 is 0 Å². The van der Waals surface area contributed by atoms with E-state index in [2.05, 4.69) is 10.3 Å². The summed E-state index contributed by atoms with van der Waals surface area (Å²) in [7, 11) is 0. The molecule has 0 spiro atoms. The maximum absolute atomic E-state index is 11.9. The Labute approximate surface area is 110 Å². The standard InChI is InChI=1S/C12H13N5O2/c1-12(2)11(19)16-9(18)6-17(12)10-7(4-13)3-8(14)5-15-10/h3,5H,6,14H2,1-2H3,(H,16,18,19). The number of anilines is 2. The summed E-state index contributed by atoms with van der Waals surface area (Å²) in [4.78, 5) is 29.0. The third-order valence-corrected chi connectivity index (χ3v) is 3.05. The number of nitrogen functional groups attached to an aromatic ring is 1. The molecule has 0 aliphatic carbocycles. The van der Waals surface area contributed by atoms with Crippen LogP contribution in [-0.2, 0) is 9.59 Å². The molecule has 1 aromatic rings. The van der Waals surface area contributed by atoms with Gasteiger partial charge in [0.05, 0.1) is 24.0 Å². The van der Waals surface area contributed by atoms with Crippen molar-refractivity contribution in [3.8, 4) is 6.07 Å². The molecule has 2 heterocycles. The van der Waals surface area contributed by atoms with E-state index in [1.807, 2.05) is 6.07 Å². The summed E-state index contributed by atoms with van der Waals surface area (Å²) in [6.45, 7) is 3.28. The van der Waals surface area contributed by atoms with Crippen LogP contribution in [0.15, 0.2) is 12.3 Å². The number of nitriles is 1. The van der Waals surface area contributed by atoms with Crippen molar-refractivity contribution in [2.75, 3.05) is 17.2 Å². The molecule has 0 bridgehead atoms. The predicted molar refractivity (Wildman–Crippen MR) is 67.9 cm³/mol. The highest BCUT2D eigenvalue weighted by Crippen LogP contribution is 2.28. The molecule has 0 saturated carbocycles. The molecule has 0 radical (unpaired) electrons. The van der Waals surface area contributed by atoms with Gasteiger partial charge in [-0.15, -0.1) is 0 Å². The molecular formula is C12H13N5O2. The highest BCUT2D eigenvalue weighted by Gasteiger charge is 2.42. The molecule has 0 atom stereocenters. The zero-order chi connectivity index (χ0) is 14.2. The first-order valence-electron chi connectivity index (χ1n) is 5.64. The number of nitrogens with two attached hydrogens (primary N) is 1. The fraction of sp³-hybridized carbons (Fsp3) is 0.333. The smallest absolute Gasteiger partial charge is 0.251 e. The van der Waals surface area contributed by atoms with Crippen LogP contribution in [0, 0.1) is 11.3 Å². The summed E-state index contributed by atoms with van der Waals surface area (Å²) in [6.07, 6.45) is 1.39. The Hall–Kier alpha value is -2.62. The maximum Gasteiger partial charge on any atom is 0.251 e. The van der Waals surface area contributed by atoms with Crippen molar-refractivity contribution >= 4 is 23.3 Å². The second kappa shape index (κ2) is 4.24. The van der Waals surface area contributed by atoms with Gasteiger partial charge in [-0.1, -0.05) is 0 Å². The Kier molecular flexibility index (Phi) is 2.86. The zero-order valence-electron chi connectivity index (χ0n) is 10.6. The van der Waals surface area contributed by atoms with E-state index in [-0.39, 0.29) is 17.9 Å². The summed E-state index contributed by atoms with van der Waals surface area (Å²) in [6, 6.07) is 3.44. The van der Waals surface area contributed by atoms with Crippen LogP contribution in [0.4, 0.5) is 11.5 Å². The molecule has 1 aliphatic heterocycles. The van der Waals surface area contributed by atoms with Crippen LogP contribution in [0.2, 0.25) is 0 Å². The van der Waals surface area contributed by atoms with Crippen LogP contribution in [0.1, 0.15) is 19.4 Å². The number of nitrogens with zero attached hydrogens (tertiary/aromatic N) is 3.